The zero-order valence-corrected chi connectivity index (χ0v) is 16.5. The molecule has 26 heavy (non-hydrogen) atoms. The SMILES string of the molecule is CCNC(=NCC(C)CN1CCN(C)CC1)NCCc1ccccc1F. The third kappa shape index (κ3) is 7.30. The van der Waals surface area contributed by atoms with Gasteiger partial charge in [-0.25, -0.2) is 4.39 Å². The maximum absolute atomic E-state index is 13.7. The van der Waals surface area contributed by atoms with Crippen molar-refractivity contribution in [3.05, 3.63) is 35.6 Å². The van der Waals surface area contributed by atoms with Gasteiger partial charge in [-0.1, -0.05) is 25.1 Å². The van der Waals surface area contributed by atoms with Crippen molar-refractivity contribution >= 4 is 5.96 Å². The normalized spacial score (nSPS) is 17.9. The second-order valence-corrected chi connectivity index (χ2v) is 7.20. The van der Waals surface area contributed by atoms with Crippen LogP contribution >= 0.6 is 0 Å². The highest BCUT2D eigenvalue weighted by molar-refractivity contribution is 5.79. The second kappa shape index (κ2) is 11.1. The fraction of sp³-hybridized carbons (Fsp3) is 0.650. The van der Waals surface area contributed by atoms with Crippen molar-refractivity contribution in [3.8, 4) is 0 Å². The van der Waals surface area contributed by atoms with E-state index < -0.39 is 0 Å². The quantitative estimate of drug-likeness (QED) is 0.546. The fourth-order valence-corrected chi connectivity index (χ4v) is 3.13. The van der Waals surface area contributed by atoms with Gasteiger partial charge in [-0.15, -0.1) is 0 Å². The van der Waals surface area contributed by atoms with E-state index in [4.69, 9.17) is 4.99 Å². The molecule has 1 unspecified atom stereocenters. The molecule has 0 amide bonds. The van der Waals surface area contributed by atoms with E-state index >= 15 is 0 Å². The highest BCUT2D eigenvalue weighted by Crippen LogP contribution is 2.07. The van der Waals surface area contributed by atoms with Crippen LogP contribution in [0.25, 0.3) is 0 Å². The highest BCUT2D eigenvalue weighted by Gasteiger charge is 2.15. The first-order chi connectivity index (χ1) is 12.6. The molecule has 1 aromatic rings. The van der Waals surface area contributed by atoms with Crippen molar-refractivity contribution < 1.29 is 4.39 Å². The zero-order chi connectivity index (χ0) is 18.8. The lowest BCUT2D eigenvalue weighted by Gasteiger charge is -2.33. The minimum atomic E-state index is -0.142. The number of rotatable bonds is 8. The van der Waals surface area contributed by atoms with Gasteiger partial charge >= 0.3 is 0 Å². The molecule has 1 saturated heterocycles. The molecule has 1 fully saturated rings. The molecule has 6 heteroatoms. The minimum Gasteiger partial charge on any atom is -0.357 e. The molecule has 1 atom stereocenters. The van der Waals surface area contributed by atoms with Crippen LogP contribution in [0.1, 0.15) is 19.4 Å². The van der Waals surface area contributed by atoms with Crippen molar-refractivity contribution in [1.82, 2.24) is 20.4 Å². The van der Waals surface area contributed by atoms with Crippen molar-refractivity contribution in [2.45, 2.75) is 20.3 Å². The number of hydrogen-bond donors (Lipinski definition) is 2. The average Bonchev–Trinajstić information content (AvgIpc) is 2.63. The molecule has 5 nitrogen and oxygen atoms in total. The first kappa shape index (κ1) is 20.6. The van der Waals surface area contributed by atoms with Crippen molar-refractivity contribution in [2.24, 2.45) is 10.9 Å². The summed E-state index contributed by atoms with van der Waals surface area (Å²) in [7, 11) is 2.18. The summed E-state index contributed by atoms with van der Waals surface area (Å²) in [4.78, 5) is 9.61. The first-order valence-corrected chi connectivity index (χ1v) is 9.75. The van der Waals surface area contributed by atoms with Gasteiger partial charge in [0.2, 0.25) is 0 Å². The first-order valence-electron chi connectivity index (χ1n) is 9.75. The van der Waals surface area contributed by atoms with Gasteiger partial charge in [-0.3, -0.25) is 4.99 Å². The predicted molar refractivity (Wildman–Crippen MR) is 107 cm³/mol. The lowest BCUT2D eigenvalue weighted by atomic mass is 10.1. The van der Waals surface area contributed by atoms with E-state index in [1.54, 1.807) is 6.07 Å². The minimum absolute atomic E-state index is 0.142. The van der Waals surface area contributed by atoms with Crippen molar-refractivity contribution in [2.75, 3.05) is 59.4 Å². The summed E-state index contributed by atoms with van der Waals surface area (Å²) in [6, 6.07) is 6.94. The molecule has 2 N–H and O–H groups in total. The lowest BCUT2D eigenvalue weighted by Crippen LogP contribution is -2.46. The van der Waals surface area contributed by atoms with E-state index in [2.05, 4.69) is 41.3 Å². The van der Waals surface area contributed by atoms with Gasteiger partial charge in [0.1, 0.15) is 5.82 Å². The van der Waals surface area contributed by atoms with E-state index in [1.807, 2.05) is 12.1 Å². The molecule has 1 heterocycles. The smallest absolute Gasteiger partial charge is 0.191 e. The van der Waals surface area contributed by atoms with Gasteiger partial charge in [0.05, 0.1) is 0 Å². The Balaban J connectivity index is 1.75. The molecule has 1 aliphatic heterocycles. The standard InChI is InChI=1S/C20H34FN5/c1-4-22-20(23-10-9-18-7-5-6-8-19(18)21)24-15-17(2)16-26-13-11-25(3)12-14-26/h5-8,17H,4,9-16H2,1-3H3,(H2,22,23,24). The van der Waals surface area contributed by atoms with Crippen LogP contribution < -0.4 is 10.6 Å². The number of guanidine groups is 1. The van der Waals surface area contributed by atoms with Crippen LogP contribution in [0, 0.1) is 11.7 Å². The van der Waals surface area contributed by atoms with E-state index in [0.29, 0.717) is 18.9 Å². The van der Waals surface area contributed by atoms with Crippen molar-refractivity contribution in [3.63, 3.8) is 0 Å². The topological polar surface area (TPSA) is 42.9 Å². The van der Waals surface area contributed by atoms with Gasteiger partial charge in [-0.05, 0) is 37.9 Å². The van der Waals surface area contributed by atoms with Crippen LogP contribution in [0.2, 0.25) is 0 Å². The molecule has 0 spiro atoms. The maximum atomic E-state index is 13.7. The zero-order valence-electron chi connectivity index (χ0n) is 16.5. The Morgan fingerprint density at radius 2 is 1.92 bits per heavy atom. The Bertz CT molecular complexity index is 555. The molecule has 0 aliphatic carbocycles. The summed E-state index contributed by atoms with van der Waals surface area (Å²) in [5.74, 6) is 1.19. The molecule has 0 bridgehead atoms. The fourth-order valence-electron chi connectivity index (χ4n) is 3.13. The number of hydrogen-bond acceptors (Lipinski definition) is 3. The van der Waals surface area contributed by atoms with Gasteiger partial charge < -0.3 is 20.4 Å². The molecule has 0 saturated carbocycles. The van der Waals surface area contributed by atoms with E-state index in [-0.39, 0.29) is 5.82 Å². The average molecular weight is 364 g/mol. The van der Waals surface area contributed by atoms with E-state index in [9.17, 15) is 4.39 Å². The highest BCUT2D eigenvalue weighted by atomic mass is 19.1. The Kier molecular flexibility index (Phi) is 8.85. The molecular weight excluding hydrogens is 329 g/mol. The van der Waals surface area contributed by atoms with Crippen molar-refractivity contribution in [1.29, 1.82) is 0 Å². The monoisotopic (exact) mass is 363 g/mol. The summed E-state index contributed by atoms with van der Waals surface area (Å²) in [5, 5.41) is 6.59. The second-order valence-electron chi connectivity index (χ2n) is 7.20. The van der Waals surface area contributed by atoms with Crippen LogP contribution in [-0.2, 0) is 6.42 Å². The van der Waals surface area contributed by atoms with E-state index in [0.717, 1.165) is 57.3 Å². The number of benzene rings is 1. The number of nitrogens with one attached hydrogen (secondary N) is 2. The molecule has 1 aliphatic rings. The number of halogens is 1. The van der Waals surface area contributed by atoms with Crippen LogP contribution in [0.15, 0.2) is 29.3 Å². The third-order valence-electron chi connectivity index (χ3n) is 4.72. The summed E-state index contributed by atoms with van der Waals surface area (Å²) in [6.45, 7) is 12.3. The number of nitrogens with zero attached hydrogens (tertiary/aromatic N) is 3. The van der Waals surface area contributed by atoms with Gasteiger partial charge in [0, 0.05) is 52.4 Å². The Hall–Kier alpha value is -1.66. The van der Waals surface area contributed by atoms with Crippen LogP contribution in [-0.4, -0.2) is 75.2 Å². The summed E-state index contributed by atoms with van der Waals surface area (Å²) in [5.41, 5.74) is 0.735. The molecule has 2 rings (SSSR count). The maximum Gasteiger partial charge on any atom is 0.191 e. The predicted octanol–water partition coefficient (Wildman–Crippen LogP) is 1.81. The Morgan fingerprint density at radius 3 is 2.62 bits per heavy atom. The van der Waals surface area contributed by atoms with E-state index in [1.165, 1.54) is 6.07 Å². The van der Waals surface area contributed by atoms with Gasteiger partial charge in [0.25, 0.3) is 0 Å². The number of aliphatic imine (C=N–C) groups is 1. The van der Waals surface area contributed by atoms with Crippen LogP contribution in [0.5, 0.6) is 0 Å². The summed E-state index contributed by atoms with van der Waals surface area (Å²) < 4.78 is 13.7. The summed E-state index contributed by atoms with van der Waals surface area (Å²) >= 11 is 0. The Morgan fingerprint density at radius 1 is 1.19 bits per heavy atom. The molecule has 0 aromatic heterocycles. The van der Waals surface area contributed by atoms with Crippen LogP contribution in [0.3, 0.4) is 0 Å². The largest absolute Gasteiger partial charge is 0.357 e. The molecule has 0 radical (unpaired) electrons. The van der Waals surface area contributed by atoms with Gasteiger partial charge in [-0.2, -0.15) is 0 Å². The Labute approximate surface area is 157 Å². The molecule has 1 aromatic carbocycles. The van der Waals surface area contributed by atoms with Crippen LogP contribution in [0.4, 0.5) is 4.39 Å². The number of likely N-dealkylation sites (N-methyl/N-ethyl adjacent to an activating group) is 1. The third-order valence-corrected chi connectivity index (χ3v) is 4.72. The summed E-state index contributed by atoms with van der Waals surface area (Å²) in [6.07, 6.45) is 0.647. The number of piperazine rings is 1. The van der Waals surface area contributed by atoms with Gasteiger partial charge in [0.15, 0.2) is 5.96 Å². The lowest BCUT2D eigenvalue weighted by molar-refractivity contribution is 0.140. The molecular formula is C20H34FN5. The molecule has 146 valence electrons.